The van der Waals surface area contributed by atoms with E-state index in [1.807, 2.05) is 0 Å². The Morgan fingerprint density at radius 3 is 2.43 bits per heavy atom. The highest BCUT2D eigenvalue weighted by Crippen LogP contribution is 2.60. The number of amides is 1. The molecule has 1 heterocycles. The molecule has 1 N–H and O–H groups in total. The number of carbonyl (C=O) groups is 1. The van der Waals surface area contributed by atoms with E-state index in [-0.39, 0.29) is 22.1 Å². The minimum Gasteiger partial charge on any atom is -0.355 e. The first-order valence-electron chi connectivity index (χ1n) is 11.3. The van der Waals surface area contributed by atoms with Crippen molar-refractivity contribution in [3.05, 3.63) is 28.8 Å². The summed E-state index contributed by atoms with van der Waals surface area (Å²) in [5.74, 6) is 2.63. The van der Waals surface area contributed by atoms with Crippen molar-refractivity contribution in [2.45, 2.75) is 56.8 Å². The third-order valence-electron chi connectivity index (χ3n) is 8.16. The lowest BCUT2D eigenvalue weighted by Crippen LogP contribution is -2.54. The molecule has 0 aromatic heterocycles. The molecule has 6 rings (SSSR count). The van der Waals surface area contributed by atoms with Gasteiger partial charge in [0.2, 0.25) is 15.9 Å². The predicted molar refractivity (Wildman–Crippen MR) is 117 cm³/mol. The van der Waals surface area contributed by atoms with Crippen LogP contribution in [0.3, 0.4) is 0 Å². The van der Waals surface area contributed by atoms with E-state index in [1.165, 1.54) is 19.3 Å². The van der Waals surface area contributed by atoms with Gasteiger partial charge in [-0.05, 0) is 93.2 Å². The summed E-state index contributed by atoms with van der Waals surface area (Å²) in [6, 6.07) is 5.02. The van der Waals surface area contributed by atoms with Crippen LogP contribution in [0.4, 0.5) is 0 Å². The fourth-order valence-corrected chi connectivity index (χ4v) is 9.01. The van der Waals surface area contributed by atoms with Gasteiger partial charge in [-0.3, -0.25) is 4.79 Å². The predicted octanol–water partition coefficient (Wildman–Crippen LogP) is 3.99. The molecule has 4 aliphatic carbocycles. The number of nitrogens with zero attached hydrogens (tertiary/aromatic N) is 1. The molecule has 5 nitrogen and oxygen atoms in total. The Balaban J connectivity index is 1.21. The van der Waals surface area contributed by atoms with Crippen LogP contribution in [-0.4, -0.2) is 38.3 Å². The van der Waals surface area contributed by atoms with Crippen molar-refractivity contribution in [2.24, 2.45) is 29.1 Å². The SMILES string of the molecule is Cc1c(Cl)cccc1S(=O)(=O)N1CCC(CNC(=O)C23CC4CC(CC(C4)C2)C3)C1. The molecule has 30 heavy (non-hydrogen) atoms. The molecule has 1 amide bonds. The van der Waals surface area contributed by atoms with E-state index < -0.39 is 10.0 Å². The zero-order valence-electron chi connectivity index (χ0n) is 17.6. The van der Waals surface area contributed by atoms with Gasteiger partial charge >= 0.3 is 0 Å². The molecule has 0 radical (unpaired) electrons. The average Bonchev–Trinajstić information content (AvgIpc) is 3.17. The van der Waals surface area contributed by atoms with Crippen molar-refractivity contribution in [2.75, 3.05) is 19.6 Å². The molecule has 164 valence electrons. The Labute approximate surface area is 184 Å². The first-order valence-corrected chi connectivity index (χ1v) is 13.1. The highest BCUT2D eigenvalue weighted by Gasteiger charge is 2.54. The van der Waals surface area contributed by atoms with Crippen LogP contribution < -0.4 is 5.32 Å². The normalized spacial score (nSPS) is 35.7. The molecule has 0 spiro atoms. The van der Waals surface area contributed by atoms with E-state index in [1.54, 1.807) is 29.4 Å². The van der Waals surface area contributed by atoms with Crippen molar-refractivity contribution in [1.82, 2.24) is 9.62 Å². The smallest absolute Gasteiger partial charge is 0.243 e. The number of rotatable bonds is 5. The lowest BCUT2D eigenvalue weighted by Gasteiger charge is -2.55. The first-order chi connectivity index (χ1) is 14.3. The zero-order chi connectivity index (χ0) is 21.1. The summed E-state index contributed by atoms with van der Waals surface area (Å²) >= 11 is 6.14. The molecule has 4 bridgehead atoms. The second-order valence-corrected chi connectivity index (χ2v) is 12.6. The van der Waals surface area contributed by atoms with Gasteiger partial charge in [-0.15, -0.1) is 0 Å². The largest absolute Gasteiger partial charge is 0.355 e. The second kappa shape index (κ2) is 7.49. The highest BCUT2D eigenvalue weighted by molar-refractivity contribution is 7.89. The van der Waals surface area contributed by atoms with E-state index >= 15 is 0 Å². The molecule has 1 unspecified atom stereocenters. The van der Waals surface area contributed by atoms with Crippen LogP contribution >= 0.6 is 11.6 Å². The maximum absolute atomic E-state index is 13.2. The maximum atomic E-state index is 13.2. The number of halogens is 1. The molecular formula is C23H31ClN2O3S. The summed E-state index contributed by atoms with van der Waals surface area (Å²) in [4.78, 5) is 13.5. The summed E-state index contributed by atoms with van der Waals surface area (Å²) in [5, 5.41) is 3.70. The van der Waals surface area contributed by atoms with Gasteiger partial charge in [0, 0.05) is 30.1 Å². The summed E-state index contributed by atoms with van der Waals surface area (Å²) in [7, 11) is -3.56. The van der Waals surface area contributed by atoms with Crippen molar-refractivity contribution < 1.29 is 13.2 Å². The maximum Gasteiger partial charge on any atom is 0.243 e. The molecule has 1 aromatic rings. The van der Waals surface area contributed by atoms with Crippen LogP contribution in [0.1, 0.15) is 50.5 Å². The van der Waals surface area contributed by atoms with Gasteiger partial charge in [-0.25, -0.2) is 8.42 Å². The minimum atomic E-state index is -3.56. The summed E-state index contributed by atoms with van der Waals surface area (Å²) < 4.78 is 27.7. The number of benzene rings is 1. The van der Waals surface area contributed by atoms with Gasteiger partial charge in [0.25, 0.3) is 0 Å². The quantitative estimate of drug-likeness (QED) is 0.737. The van der Waals surface area contributed by atoms with E-state index in [9.17, 15) is 13.2 Å². The molecule has 1 atom stereocenters. The lowest BCUT2D eigenvalue weighted by atomic mass is 9.49. The van der Waals surface area contributed by atoms with Gasteiger partial charge < -0.3 is 5.32 Å². The number of carbonyl (C=O) groups excluding carboxylic acids is 1. The molecule has 7 heteroatoms. The molecule has 1 aromatic carbocycles. The number of sulfonamides is 1. The second-order valence-electron chi connectivity index (χ2n) is 10.3. The van der Waals surface area contributed by atoms with Gasteiger partial charge in [0.05, 0.1) is 4.90 Å². The molecule has 5 aliphatic rings. The third kappa shape index (κ3) is 3.49. The van der Waals surface area contributed by atoms with E-state index in [4.69, 9.17) is 11.6 Å². The zero-order valence-corrected chi connectivity index (χ0v) is 19.1. The topological polar surface area (TPSA) is 66.5 Å². The average molecular weight is 451 g/mol. The molecular weight excluding hydrogens is 420 g/mol. The summed E-state index contributed by atoms with van der Waals surface area (Å²) in [6.07, 6.45) is 7.93. The van der Waals surface area contributed by atoms with E-state index in [2.05, 4.69) is 5.32 Å². The number of hydrogen-bond acceptors (Lipinski definition) is 3. The highest BCUT2D eigenvalue weighted by atomic mass is 35.5. The van der Waals surface area contributed by atoms with E-state index in [0.29, 0.717) is 30.2 Å². The fourth-order valence-electron chi connectivity index (χ4n) is 7.00. The number of nitrogens with one attached hydrogen (secondary N) is 1. The molecule has 4 saturated carbocycles. The van der Waals surface area contributed by atoms with Crippen molar-refractivity contribution in [1.29, 1.82) is 0 Å². The first kappa shape index (κ1) is 20.8. The van der Waals surface area contributed by atoms with Crippen LogP contribution in [0, 0.1) is 36.0 Å². The Morgan fingerprint density at radius 1 is 1.17 bits per heavy atom. The van der Waals surface area contributed by atoms with Gasteiger partial charge in [0.1, 0.15) is 0 Å². The summed E-state index contributed by atoms with van der Waals surface area (Å²) in [5.41, 5.74) is 0.453. The Kier molecular flexibility index (Phi) is 5.19. The van der Waals surface area contributed by atoms with Gasteiger partial charge in [-0.2, -0.15) is 4.31 Å². The lowest BCUT2D eigenvalue weighted by molar-refractivity contribution is -0.146. The van der Waals surface area contributed by atoms with Crippen LogP contribution in [0.25, 0.3) is 0 Å². The van der Waals surface area contributed by atoms with Crippen LogP contribution in [0.5, 0.6) is 0 Å². The molecule has 1 saturated heterocycles. The molecule has 5 fully saturated rings. The summed E-state index contributed by atoms with van der Waals surface area (Å²) in [6.45, 7) is 3.26. The van der Waals surface area contributed by atoms with Crippen molar-refractivity contribution in [3.63, 3.8) is 0 Å². The third-order valence-corrected chi connectivity index (χ3v) is 10.6. The van der Waals surface area contributed by atoms with Crippen molar-refractivity contribution >= 4 is 27.5 Å². The Morgan fingerprint density at radius 2 is 1.80 bits per heavy atom. The van der Waals surface area contributed by atoms with Crippen molar-refractivity contribution in [3.8, 4) is 0 Å². The van der Waals surface area contributed by atoms with Crippen LogP contribution in [0.2, 0.25) is 5.02 Å². The minimum absolute atomic E-state index is 0.142. The Hall–Kier alpha value is -1.11. The monoisotopic (exact) mass is 450 g/mol. The van der Waals surface area contributed by atoms with Crippen LogP contribution in [-0.2, 0) is 14.8 Å². The fraction of sp³-hybridized carbons (Fsp3) is 0.696. The van der Waals surface area contributed by atoms with Crippen LogP contribution in [0.15, 0.2) is 23.1 Å². The number of hydrogen-bond donors (Lipinski definition) is 1. The van der Waals surface area contributed by atoms with E-state index in [0.717, 1.165) is 43.4 Å². The standard InChI is InChI=1S/C23H31ClN2O3S/c1-15-20(24)3-2-4-21(15)30(28,29)26-6-5-16(14-26)13-25-22(27)23-10-17-7-18(11-23)9-19(8-17)12-23/h2-4,16-19H,5-14H2,1H3,(H,25,27). The Bertz CT molecular complexity index is 926. The van der Waals surface area contributed by atoms with Gasteiger partial charge in [-0.1, -0.05) is 17.7 Å². The van der Waals surface area contributed by atoms with Gasteiger partial charge in [0.15, 0.2) is 0 Å². The molecule has 1 aliphatic heterocycles.